The fraction of sp³-hybridized carbons (Fsp3) is 0.500. The van der Waals surface area contributed by atoms with Gasteiger partial charge in [-0.25, -0.2) is 14.4 Å². The lowest BCUT2D eigenvalue weighted by atomic mass is 9.80. The van der Waals surface area contributed by atoms with E-state index in [-0.39, 0.29) is 11.2 Å². The van der Waals surface area contributed by atoms with Crippen molar-refractivity contribution in [2.45, 2.75) is 19.4 Å². The number of hydrogen-bond donors (Lipinski definition) is 0. The van der Waals surface area contributed by atoms with Gasteiger partial charge in [0.05, 0.1) is 13.2 Å². The molecule has 6 heteroatoms. The maximum absolute atomic E-state index is 13.2. The fourth-order valence-electron chi connectivity index (χ4n) is 4.16. The number of piperidine rings is 1. The summed E-state index contributed by atoms with van der Waals surface area (Å²) in [6.07, 6.45) is 5.88. The first-order valence-corrected chi connectivity index (χ1v) is 9.29. The predicted molar refractivity (Wildman–Crippen MR) is 98.4 cm³/mol. The number of aromatic nitrogens is 2. The Hall–Kier alpha value is -2.05. The van der Waals surface area contributed by atoms with E-state index < -0.39 is 0 Å². The van der Waals surface area contributed by atoms with Crippen molar-refractivity contribution in [1.29, 1.82) is 0 Å². The van der Waals surface area contributed by atoms with Gasteiger partial charge in [0.15, 0.2) is 0 Å². The molecule has 2 fully saturated rings. The van der Waals surface area contributed by atoms with Crippen molar-refractivity contribution in [2.75, 3.05) is 44.3 Å². The highest BCUT2D eigenvalue weighted by Gasteiger charge is 2.39. The molecule has 3 heterocycles. The van der Waals surface area contributed by atoms with Gasteiger partial charge in [0.1, 0.15) is 5.82 Å². The Balaban J connectivity index is 1.48. The van der Waals surface area contributed by atoms with Crippen LogP contribution in [0.15, 0.2) is 42.7 Å². The molecular weight excluding hydrogens is 331 g/mol. The van der Waals surface area contributed by atoms with Crippen LogP contribution >= 0.6 is 0 Å². The molecule has 0 saturated carbocycles. The second kappa shape index (κ2) is 7.68. The van der Waals surface area contributed by atoms with Crippen LogP contribution in [-0.2, 0) is 11.3 Å². The van der Waals surface area contributed by atoms with Crippen molar-refractivity contribution in [3.63, 3.8) is 0 Å². The van der Waals surface area contributed by atoms with Crippen molar-refractivity contribution < 1.29 is 9.13 Å². The van der Waals surface area contributed by atoms with Crippen LogP contribution in [0.1, 0.15) is 18.4 Å². The van der Waals surface area contributed by atoms with Crippen LogP contribution in [0.4, 0.5) is 10.3 Å². The summed E-state index contributed by atoms with van der Waals surface area (Å²) in [7, 11) is 0. The van der Waals surface area contributed by atoms with Crippen molar-refractivity contribution in [2.24, 2.45) is 5.41 Å². The predicted octanol–water partition coefficient (Wildman–Crippen LogP) is 2.73. The van der Waals surface area contributed by atoms with Crippen LogP contribution in [0.3, 0.4) is 0 Å². The second-order valence-corrected chi connectivity index (χ2v) is 7.46. The third-order valence-corrected chi connectivity index (χ3v) is 5.33. The van der Waals surface area contributed by atoms with Crippen LogP contribution < -0.4 is 4.90 Å². The summed E-state index contributed by atoms with van der Waals surface area (Å²) in [5, 5.41) is 0. The van der Waals surface area contributed by atoms with Gasteiger partial charge >= 0.3 is 0 Å². The zero-order chi connectivity index (χ0) is 17.8. The van der Waals surface area contributed by atoms with E-state index in [4.69, 9.17) is 4.74 Å². The first-order valence-electron chi connectivity index (χ1n) is 9.29. The van der Waals surface area contributed by atoms with E-state index in [1.807, 2.05) is 18.2 Å². The lowest BCUT2D eigenvalue weighted by Gasteiger charge is -2.43. The van der Waals surface area contributed by atoms with Crippen LogP contribution in [0, 0.1) is 11.2 Å². The van der Waals surface area contributed by atoms with Crippen LogP contribution in [0.2, 0.25) is 0 Å². The number of rotatable bonds is 3. The first kappa shape index (κ1) is 17.4. The Labute approximate surface area is 153 Å². The Bertz CT molecular complexity index is 712. The maximum Gasteiger partial charge on any atom is 0.225 e. The number of hydrogen-bond acceptors (Lipinski definition) is 5. The minimum Gasteiger partial charge on any atom is -0.379 e. The van der Waals surface area contributed by atoms with E-state index in [0.29, 0.717) is 6.61 Å². The van der Waals surface area contributed by atoms with Gasteiger partial charge < -0.3 is 9.64 Å². The number of anilines is 1. The van der Waals surface area contributed by atoms with Gasteiger partial charge in [-0.2, -0.15) is 0 Å². The molecule has 138 valence electrons. The maximum atomic E-state index is 13.2. The Morgan fingerprint density at radius 1 is 1.08 bits per heavy atom. The summed E-state index contributed by atoms with van der Waals surface area (Å²) in [6.45, 7) is 6.12. The highest BCUT2D eigenvalue weighted by Crippen LogP contribution is 2.34. The van der Waals surface area contributed by atoms with Gasteiger partial charge in [-0.05, 0) is 43.1 Å². The summed E-state index contributed by atoms with van der Waals surface area (Å²) in [5.41, 5.74) is 1.25. The third kappa shape index (κ3) is 4.02. The molecule has 0 aliphatic carbocycles. The van der Waals surface area contributed by atoms with E-state index in [1.54, 1.807) is 12.4 Å². The summed E-state index contributed by atoms with van der Waals surface area (Å²) in [4.78, 5) is 13.6. The van der Waals surface area contributed by atoms with Gasteiger partial charge in [0.2, 0.25) is 5.95 Å². The molecule has 0 bridgehead atoms. The molecule has 1 aromatic heterocycles. The number of likely N-dealkylation sites (tertiary alicyclic amines) is 1. The van der Waals surface area contributed by atoms with Gasteiger partial charge in [-0.15, -0.1) is 0 Å². The SMILES string of the molecule is Fc1ccc(CN2CCCC3(COCCN(c4ncccn4)C3)C2)cc1. The normalized spacial score (nSPS) is 24.6. The summed E-state index contributed by atoms with van der Waals surface area (Å²) in [5.74, 6) is 0.604. The molecule has 0 N–H and O–H groups in total. The van der Waals surface area contributed by atoms with E-state index in [9.17, 15) is 4.39 Å². The number of ether oxygens (including phenoxy) is 1. The first-order chi connectivity index (χ1) is 12.7. The Morgan fingerprint density at radius 2 is 1.88 bits per heavy atom. The minimum atomic E-state index is -0.181. The van der Waals surface area contributed by atoms with Crippen LogP contribution in [-0.4, -0.2) is 54.3 Å². The quantitative estimate of drug-likeness (QED) is 0.846. The van der Waals surface area contributed by atoms with E-state index >= 15 is 0 Å². The van der Waals surface area contributed by atoms with E-state index in [0.717, 1.165) is 63.7 Å². The summed E-state index contributed by atoms with van der Waals surface area (Å²) in [6, 6.07) is 8.68. The Kier molecular flexibility index (Phi) is 5.13. The van der Waals surface area contributed by atoms with Crippen molar-refractivity contribution >= 4 is 5.95 Å². The number of halogens is 1. The van der Waals surface area contributed by atoms with Crippen molar-refractivity contribution in [3.8, 4) is 0 Å². The molecule has 1 spiro atoms. The molecule has 1 atom stereocenters. The lowest BCUT2D eigenvalue weighted by Crippen LogP contribution is -2.50. The smallest absolute Gasteiger partial charge is 0.225 e. The molecule has 5 nitrogen and oxygen atoms in total. The molecule has 2 aliphatic heterocycles. The molecule has 1 aromatic carbocycles. The molecule has 1 unspecified atom stereocenters. The third-order valence-electron chi connectivity index (χ3n) is 5.33. The average molecular weight is 356 g/mol. The molecular formula is C20H25FN4O. The molecule has 2 aromatic rings. The van der Waals surface area contributed by atoms with E-state index in [2.05, 4.69) is 19.8 Å². The van der Waals surface area contributed by atoms with Gasteiger partial charge in [0, 0.05) is 44.0 Å². The summed E-state index contributed by atoms with van der Waals surface area (Å²) >= 11 is 0. The monoisotopic (exact) mass is 356 g/mol. The molecule has 4 rings (SSSR count). The lowest BCUT2D eigenvalue weighted by molar-refractivity contribution is 0.0106. The summed E-state index contributed by atoms with van der Waals surface area (Å²) < 4.78 is 19.1. The minimum absolute atomic E-state index is 0.0913. The standard InChI is InChI=1S/C20H25FN4O/c21-18-5-3-17(4-6-18)13-24-10-1-7-20(14-24)15-25(11-12-26-16-20)19-22-8-2-9-23-19/h2-6,8-9H,1,7,10-16H2. The highest BCUT2D eigenvalue weighted by atomic mass is 19.1. The van der Waals surface area contributed by atoms with Crippen molar-refractivity contribution in [3.05, 3.63) is 54.1 Å². The molecule has 2 aliphatic rings. The van der Waals surface area contributed by atoms with Crippen LogP contribution in [0.5, 0.6) is 0 Å². The van der Waals surface area contributed by atoms with Gasteiger partial charge in [-0.1, -0.05) is 12.1 Å². The molecule has 26 heavy (non-hydrogen) atoms. The topological polar surface area (TPSA) is 41.5 Å². The van der Waals surface area contributed by atoms with Gasteiger partial charge in [0.25, 0.3) is 0 Å². The molecule has 2 saturated heterocycles. The van der Waals surface area contributed by atoms with Gasteiger partial charge in [-0.3, -0.25) is 4.90 Å². The fourth-order valence-corrected chi connectivity index (χ4v) is 4.16. The molecule has 0 amide bonds. The van der Waals surface area contributed by atoms with E-state index in [1.165, 1.54) is 12.1 Å². The number of benzene rings is 1. The molecule has 0 radical (unpaired) electrons. The average Bonchev–Trinajstić information content (AvgIpc) is 2.87. The van der Waals surface area contributed by atoms with Crippen molar-refractivity contribution in [1.82, 2.24) is 14.9 Å². The highest BCUT2D eigenvalue weighted by molar-refractivity contribution is 5.29. The largest absolute Gasteiger partial charge is 0.379 e. The zero-order valence-corrected chi connectivity index (χ0v) is 15.0. The zero-order valence-electron chi connectivity index (χ0n) is 15.0. The van der Waals surface area contributed by atoms with Crippen LogP contribution in [0.25, 0.3) is 0 Å². The number of nitrogens with zero attached hydrogens (tertiary/aromatic N) is 4. The second-order valence-electron chi connectivity index (χ2n) is 7.46. The Morgan fingerprint density at radius 3 is 2.69 bits per heavy atom.